The van der Waals surface area contributed by atoms with E-state index in [0.717, 1.165) is 16.4 Å². The van der Waals surface area contributed by atoms with E-state index >= 15 is 0 Å². The van der Waals surface area contributed by atoms with Crippen molar-refractivity contribution < 1.29 is 9.26 Å². The first-order valence-electron chi connectivity index (χ1n) is 6.93. The minimum atomic E-state index is -0.290. The standard InChI is InChI=1S/C15H19N3O2S/c1-15(2,3)12(16)14-17-13(18-20-14)10-8-21-11-7-5-4-6-9(11)19-10/h4-7,10,12H,8,16H2,1-3H3/t10?,12-/m1/s1. The highest BCUT2D eigenvalue weighted by molar-refractivity contribution is 7.99. The lowest BCUT2D eigenvalue weighted by molar-refractivity contribution is 0.204. The highest BCUT2D eigenvalue weighted by atomic mass is 32.2. The molecule has 21 heavy (non-hydrogen) atoms. The van der Waals surface area contributed by atoms with Crippen LogP contribution in [0.2, 0.25) is 0 Å². The zero-order valence-corrected chi connectivity index (χ0v) is 13.2. The van der Waals surface area contributed by atoms with Crippen LogP contribution in [0.25, 0.3) is 0 Å². The molecule has 0 fully saturated rings. The minimum absolute atomic E-state index is 0.126. The minimum Gasteiger partial charge on any atom is -0.480 e. The van der Waals surface area contributed by atoms with Crippen molar-refractivity contribution in [2.24, 2.45) is 11.1 Å². The number of ether oxygens (including phenoxy) is 1. The van der Waals surface area contributed by atoms with Gasteiger partial charge in [-0.1, -0.05) is 38.1 Å². The molecule has 0 aliphatic carbocycles. The Labute approximate surface area is 128 Å². The predicted octanol–water partition coefficient (Wildman–Crippen LogP) is 3.34. The van der Waals surface area contributed by atoms with Gasteiger partial charge in [0.1, 0.15) is 5.75 Å². The lowest BCUT2D eigenvalue weighted by Crippen LogP contribution is -2.26. The molecule has 1 unspecified atom stereocenters. The molecule has 0 saturated carbocycles. The molecule has 0 radical (unpaired) electrons. The van der Waals surface area contributed by atoms with Gasteiger partial charge in [-0.3, -0.25) is 0 Å². The zero-order chi connectivity index (χ0) is 15.0. The molecule has 112 valence electrons. The first-order valence-corrected chi connectivity index (χ1v) is 7.91. The maximum Gasteiger partial charge on any atom is 0.244 e. The summed E-state index contributed by atoms with van der Waals surface area (Å²) in [6, 6.07) is 7.68. The number of aromatic nitrogens is 2. The van der Waals surface area contributed by atoms with Crippen LogP contribution >= 0.6 is 11.8 Å². The summed E-state index contributed by atoms with van der Waals surface area (Å²) in [6.45, 7) is 6.14. The van der Waals surface area contributed by atoms with E-state index in [1.54, 1.807) is 11.8 Å². The number of para-hydroxylation sites is 1. The van der Waals surface area contributed by atoms with Gasteiger partial charge in [-0.2, -0.15) is 4.98 Å². The fourth-order valence-corrected chi connectivity index (χ4v) is 3.00. The number of fused-ring (bicyclic) bond motifs is 1. The molecule has 5 nitrogen and oxygen atoms in total. The van der Waals surface area contributed by atoms with Gasteiger partial charge in [0.15, 0.2) is 6.10 Å². The van der Waals surface area contributed by atoms with Crippen LogP contribution in [0.3, 0.4) is 0 Å². The van der Waals surface area contributed by atoms with Crippen LogP contribution in [-0.4, -0.2) is 15.9 Å². The lowest BCUT2D eigenvalue weighted by Gasteiger charge is -2.24. The average molecular weight is 305 g/mol. The number of benzene rings is 1. The van der Waals surface area contributed by atoms with Crippen molar-refractivity contribution in [1.29, 1.82) is 0 Å². The molecule has 2 aromatic rings. The Balaban J connectivity index is 1.79. The highest BCUT2D eigenvalue weighted by Gasteiger charge is 2.31. The van der Waals surface area contributed by atoms with E-state index in [1.807, 2.05) is 45.0 Å². The molecule has 1 aromatic carbocycles. The van der Waals surface area contributed by atoms with Crippen molar-refractivity contribution in [3.63, 3.8) is 0 Å². The molecule has 3 rings (SSSR count). The van der Waals surface area contributed by atoms with Gasteiger partial charge in [0.25, 0.3) is 0 Å². The third-order valence-electron chi connectivity index (χ3n) is 3.45. The molecule has 1 aliphatic heterocycles. The van der Waals surface area contributed by atoms with E-state index in [4.69, 9.17) is 15.0 Å². The van der Waals surface area contributed by atoms with Crippen molar-refractivity contribution in [1.82, 2.24) is 10.1 Å². The molecule has 0 bridgehead atoms. The monoisotopic (exact) mass is 305 g/mol. The summed E-state index contributed by atoms with van der Waals surface area (Å²) in [7, 11) is 0. The van der Waals surface area contributed by atoms with Gasteiger partial charge >= 0.3 is 0 Å². The second kappa shape index (κ2) is 5.35. The smallest absolute Gasteiger partial charge is 0.244 e. The quantitative estimate of drug-likeness (QED) is 0.917. The molecule has 2 N–H and O–H groups in total. The number of rotatable bonds is 2. The maximum absolute atomic E-state index is 6.15. The fraction of sp³-hybridized carbons (Fsp3) is 0.467. The van der Waals surface area contributed by atoms with Crippen LogP contribution in [0.1, 0.15) is 44.6 Å². The number of nitrogens with zero attached hydrogens (tertiary/aromatic N) is 2. The summed E-state index contributed by atoms with van der Waals surface area (Å²) < 4.78 is 11.3. The number of thioether (sulfide) groups is 1. The molecule has 0 saturated heterocycles. The molecule has 0 spiro atoms. The molecular weight excluding hydrogens is 286 g/mol. The number of nitrogens with two attached hydrogens (primary N) is 1. The fourth-order valence-electron chi connectivity index (χ4n) is 2.02. The van der Waals surface area contributed by atoms with Crippen LogP contribution in [-0.2, 0) is 0 Å². The summed E-state index contributed by atoms with van der Waals surface area (Å²) >= 11 is 1.74. The van der Waals surface area contributed by atoms with Crippen molar-refractivity contribution in [2.45, 2.75) is 37.8 Å². The van der Waals surface area contributed by atoms with Crippen LogP contribution in [0.4, 0.5) is 0 Å². The third-order valence-corrected chi connectivity index (χ3v) is 4.57. The molecule has 1 aliphatic rings. The van der Waals surface area contributed by atoms with E-state index in [1.165, 1.54) is 0 Å². The SMILES string of the molecule is CC(C)(C)[C@H](N)c1nc(C2CSc3ccccc3O2)no1. The van der Waals surface area contributed by atoms with Crippen molar-refractivity contribution >= 4 is 11.8 Å². The van der Waals surface area contributed by atoms with Crippen molar-refractivity contribution in [3.05, 3.63) is 36.0 Å². The van der Waals surface area contributed by atoms with Crippen LogP contribution < -0.4 is 10.5 Å². The van der Waals surface area contributed by atoms with Gasteiger partial charge in [0, 0.05) is 10.6 Å². The summed E-state index contributed by atoms with van der Waals surface area (Å²) in [5.74, 6) is 2.66. The molecule has 1 aromatic heterocycles. The van der Waals surface area contributed by atoms with Crippen LogP contribution in [0.15, 0.2) is 33.7 Å². The van der Waals surface area contributed by atoms with Crippen LogP contribution in [0, 0.1) is 5.41 Å². The van der Waals surface area contributed by atoms with E-state index in [9.17, 15) is 0 Å². The van der Waals surface area contributed by atoms with Gasteiger partial charge in [0.05, 0.1) is 6.04 Å². The molecule has 2 atom stereocenters. The Morgan fingerprint density at radius 1 is 1.33 bits per heavy atom. The van der Waals surface area contributed by atoms with Crippen molar-refractivity contribution in [3.8, 4) is 5.75 Å². The van der Waals surface area contributed by atoms with Gasteiger partial charge in [-0.15, -0.1) is 11.8 Å². The van der Waals surface area contributed by atoms with E-state index < -0.39 is 0 Å². The summed E-state index contributed by atoms with van der Waals surface area (Å²) in [5.41, 5.74) is 6.02. The lowest BCUT2D eigenvalue weighted by atomic mass is 9.87. The average Bonchev–Trinajstić information content (AvgIpc) is 2.94. The second-order valence-corrected chi connectivity index (χ2v) is 7.26. The van der Waals surface area contributed by atoms with Gasteiger partial charge in [-0.25, -0.2) is 0 Å². The largest absolute Gasteiger partial charge is 0.480 e. The van der Waals surface area contributed by atoms with E-state index in [2.05, 4.69) is 10.1 Å². The Morgan fingerprint density at radius 2 is 2.10 bits per heavy atom. The molecule has 6 heteroatoms. The third kappa shape index (κ3) is 2.91. The highest BCUT2D eigenvalue weighted by Crippen LogP contribution is 2.39. The van der Waals surface area contributed by atoms with E-state index in [0.29, 0.717) is 11.7 Å². The van der Waals surface area contributed by atoms with E-state index in [-0.39, 0.29) is 17.6 Å². The first-order chi connectivity index (χ1) is 9.95. The van der Waals surface area contributed by atoms with Gasteiger partial charge in [-0.05, 0) is 17.5 Å². The Hall–Kier alpha value is -1.53. The second-order valence-electron chi connectivity index (χ2n) is 6.20. The predicted molar refractivity (Wildman–Crippen MR) is 81.2 cm³/mol. The molecule has 2 heterocycles. The number of hydrogen-bond acceptors (Lipinski definition) is 6. The maximum atomic E-state index is 6.15. The Bertz CT molecular complexity index is 636. The van der Waals surface area contributed by atoms with Crippen molar-refractivity contribution in [2.75, 3.05) is 5.75 Å². The zero-order valence-electron chi connectivity index (χ0n) is 12.4. The number of hydrogen-bond donors (Lipinski definition) is 1. The molecular formula is C15H19N3O2S. The Kier molecular flexibility index (Phi) is 3.67. The Morgan fingerprint density at radius 3 is 2.86 bits per heavy atom. The summed E-state index contributed by atoms with van der Waals surface area (Å²) in [4.78, 5) is 5.57. The first kappa shape index (κ1) is 14.4. The summed E-state index contributed by atoms with van der Waals surface area (Å²) in [6.07, 6.45) is -0.199. The van der Waals surface area contributed by atoms with Gasteiger partial charge < -0.3 is 15.0 Å². The molecule has 0 amide bonds. The van der Waals surface area contributed by atoms with Crippen LogP contribution in [0.5, 0.6) is 5.75 Å². The normalized spacial score (nSPS) is 19.7. The topological polar surface area (TPSA) is 74.2 Å². The summed E-state index contributed by atoms with van der Waals surface area (Å²) in [5, 5.41) is 4.04. The van der Waals surface area contributed by atoms with Gasteiger partial charge in [0.2, 0.25) is 11.7 Å².